The van der Waals surface area contributed by atoms with E-state index in [0.29, 0.717) is 47.7 Å². The molecule has 1 atom stereocenters. The summed E-state index contributed by atoms with van der Waals surface area (Å²) in [6.45, 7) is 4.27. The lowest BCUT2D eigenvalue weighted by Crippen LogP contribution is -2.46. The average Bonchev–Trinajstić information content (AvgIpc) is 3.69. The maximum Gasteiger partial charge on any atom is 0.416 e. The molecule has 2 aromatic carbocycles. The number of alkyl halides is 3. The average molecular weight is 799 g/mol. The van der Waals surface area contributed by atoms with E-state index < -0.39 is 34.5 Å². The number of aryl methyl sites for hydroxylation is 1. The lowest BCUT2D eigenvalue weighted by molar-refractivity contribution is -0.137. The fourth-order valence-corrected chi connectivity index (χ4v) is 8.26. The normalized spacial score (nSPS) is 16.6. The van der Waals surface area contributed by atoms with Crippen LogP contribution in [0, 0.1) is 6.92 Å². The van der Waals surface area contributed by atoms with Crippen LogP contribution in [0.1, 0.15) is 70.7 Å². The van der Waals surface area contributed by atoms with Crippen molar-refractivity contribution in [3.63, 3.8) is 0 Å². The van der Waals surface area contributed by atoms with Crippen molar-refractivity contribution < 1.29 is 27.9 Å². The Hall–Kier alpha value is -5.06. The summed E-state index contributed by atoms with van der Waals surface area (Å²) < 4.78 is 42.7. The summed E-state index contributed by atoms with van der Waals surface area (Å²) in [4.78, 5) is 58.0. The molecule has 0 bridgehead atoms. The topological polar surface area (TPSA) is 151 Å². The van der Waals surface area contributed by atoms with Gasteiger partial charge in [0.1, 0.15) is 12.9 Å². The van der Waals surface area contributed by atoms with Gasteiger partial charge in [0, 0.05) is 46.9 Å². The van der Waals surface area contributed by atoms with Crippen LogP contribution in [0.25, 0.3) is 17.2 Å². The van der Waals surface area contributed by atoms with E-state index >= 15 is 0 Å². The molecule has 7 rings (SSSR count). The number of nitrogens with zero attached hydrogens (tertiary/aromatic N) is 8. The Morgan fingerprint density at radius 1 is 1.07 bits per heavy atom. The third-order valence-electron chi connectivity index (χ3n) is 10.4. The summed E-state index contributed by atoms with van der Waals surface area (Å²) in [5.74, 6) is -1.32. The summed E-state index contributed by atoms with van der Waals surface area (Å²) >= 11 is 12.8. The highest BCUT2D eigenvalue weighted by molar-refractivity contribution is 6.33. The van der Waals surface area contributed by atoms with E-state index in [1.54, 1.807) is 28.5 Å². The molecule has 18 heteroatoms. The molecule has 4 heterocycles. The van der Waals surface area contributed by atoms with Crippen LogP contribution in [0.2, 0.25) is 10.0 Å². The van der Waals surface area contributed by atoms with Gasteiger partial charge in [0.15, 0.2) is 17.3 Å². The minimum absolute atomic E-state index is 0.0190. The summed E-state index contributed by atoms with van der Waals surface area (Å²) in [6, 6.07) is 8.02. The molecular weight excluding hydrogens is 762 g/mol. The van der Waals surface area contributed by atoms with E-state index in [1.165, 1.54) is 10.8 Å². The fourth-order valence-electron chi connectivity index (χ4n) is 7.79. The van der Waals surface area contributed by atoms with E-state index in [2.05, 4.69) is 20.4 Å². The van der Waals surface area contributed by atoms with Crippen molar-refractivity contribution >= 4 is 46.5 Å². The molecule has 1 saturated heterocycles. The smallest absolute Gasteiger partial charge is 0.416 e. The molecule has 2 N–H and O–H groups in total. The molecule has 2 aliphatic rings. The Kier molecular flexibility index (Phi) is 9.88. The predicted octanol–water partition coefficient (Wildman–Crippen LogP) is 6.07. The second kappa shape index (κ2) is 14.2. The molecule has 1 fully saturated rings. The number of amides is 2. The molecule has 1 aliphatic heterocycles. The van der Waals surface area contributed by atoms with Gasteiger partial charge in [0.25, 0.3) is 11.5 Å². The van der Waals surface area contributed by atoms with E-state index in [1.807, 2.05) is 32.0 Å². The molecule has 1 spiro atoms. The number of nitrogens with one attached hydrogen (secondary N) is 1. The van der Waals surface area contributed by atoms with Gasteiger partial charge >= 0.3 is 6.18 Å². The van der Waals surface area contributed by atoms with E-state index in [9.17, 15) is 32.7 Å². The van der Waals surface area contributed by atoms with Gasteiger partial charge < -0.3 is 24.8 Å². The number of carbonyl (C=O) groups is 2. The van der Waals surface area contributed by atoms with Gasteiger partial charge in [-0.1, -0.05) is 42.3 Å². The van der Waals surface area contributed by atoms with Gasteiger partial charge in [-0.25, -0.2) is 9.97 Å². The van der Waals surface area contributed by atoms with Crippen LogP contribution in [0.5, 0.6) is 5.75 Å². The van der Waals surface area contributed by atoms with Crippen molar-refractivity contribution in [1.29, 1.82) is 0 Å². The zero-order chi connectivity index (χ0) is 39.6. The van der Waals surface area contributed by atoms with Crippen molar-refractivity contribution in [2.75, 3.05) is 32.5 Å². The maximum atomic E-state index is 14.6. The van der Waals surface area contributed by atoms with E-state index in [0.717, 1.165) is 23.8 Å². The number of hydrogen-bond donors (Lipinski definition) is 2. The highest BCUT2D eigenvalue weighted by Crippen LogP contribution is 2.50. The number of anilines is 1. The highest BCUT2D eigenvalue weighted by Gasteiger charge is 2.49. The van der Waals surface area contributed by atoms with Crippen LogP contribution in [-0.4, -0.2) is 83.0 Å². The van der Waals surface area contributed by atoms with Gasteiger partial charge in [-0.15, -0.1) is 5.10 Å². The number of benzene rings is 2. The minimum atomic E-state index is -4.62. The van der Waals surface area contributed by atoms with Crippen molar-refractivity contribution in [2.45, 2.75) is 63.7 Å². The number of fused-ring (bicyclic) bond motifs is 3. The molecule has 55 heavy (non-hydrogen) atoms. The van der Waals surface area contributed by atoms with E-state index in [4.69, 9.17) is 28.2 Å². The molecule has 2 amide bonds. The number of aromatic hydroxyl groups is 1. The van der Waals surface area contributed by atoms with Gasteiger partial charge in [0.05, 0.1) is 22.0 Å². The number of rotatable bonds is 7. The first-order valence-electron chi connectivity index (χ1n) is 17.4. The molecule has 0 saturated carbocycles. The number of carbonyl (C=O) groups excluding carboxylic acids is 2. The maximum absolute atomic E-state index is 14.6. The van der Waals surface area contributed by atoms with Gasteiger partial charge in [-0.05, 0) is 76.0 Å². The number of halogens is 5. The zero-order valence-electron chi connectivity index (χ0n) is 30.2. The molecular formula is C37H36Cl2F3N9O4. The fraction of sp³-hybridized carbons (Fsp3) is 0.378. The first-order chi connectivity index (χ1) is 26.0. The second-order valence-corrected chi connectivity index (χ2v) is 15.2. The van der Waals surface area contributed by atoms with Gasteiger partial charge in [-0.2, -0.15) is 22.7 Å². The van der Waals surface area contributed by atoms with Crippen LogP contribution in [-0.2, 0) is 29.5 Å². The largest absolute Gasteiger partial charge is 0.504 e. The van der Waals surface area contributed by atoms with Gasteiger partial charge in [-0.3, -0.25) is 14.4 Å². The third-order valence-corrected chi connectivity index (χ3v) is 11.0. The molecule has 288 valence electrons. The van der Waals surface area contributed by atoms with Crippen LogP contribution in [0.4, 0.5) is 18.9 Å². The summed E-state index contributed by atoms with van der Waals surface area (Å²) in [5.41, 5.74) is 0.545. The molecule has 1 unspecified atom stereocenters. The lowest BCUT2D eigenvalue weighted by atomic mass is 9.73. The SMILES string of the molecule is Cc1ncnc(C(=O)N2CCC3(CC2)CC(C)c2c3c(=O)n3nc(-c4ccc(CN(C)C)c(Cl)c4)nc3n2CC(=O)Nc2ccc(C(F)(F)F)cc2Cl)c1O. The summed E-state index contributed by atoms with van der Waals surface area (Å²) in [6.07, 6.45) is -2.06. The molecule has 0 radical (unpaired) electrons. The highest BCUT2D eigenvalue weighted by atomic mass is 35.5. The standard InChI is InChI=1S/C37H36Cl2F3N9O4/c1-19-15-36(9-11-49(12-10-36)34(55)29-31(53)20(2)43-18-44-29)28-30(19)50(17-27(52)45-26-8-7-23(14-25(26)39)37(40,41)42)35-46-32(47-51(35)33(28)54)21-5-6-22(16-48(3)4)24(38)13-21/h5-8,13-14,18-19,53H,9-12,15-17H2,1-4H3,(H,45,52). The summed E-state index contributed by atoms with van der Waals surface area (Å²) in [5, 5.41) is 17.9. The minimum Gasteiger partial charge on any atom is -0.504 e. The number of likely N-dealkylation sites (tertiary alicyclic amines) is 1. The molecule has 1 aliphatic carbocycles. The Bertz CT molecular complexity index is 2420. The van der Waals surface area contributed by atoms with Crippen LogP contribution in [0.15, 0.2) is 47.5 Å². The van der Waals surface area contributed by atoms with Crippen molar-refractivity contribution in [2.24, 2.45) is 0 Å². The van der Waals surface area contributed by atoms with Crippen molar-refractivity contribution in [3.8, 4) is 17.1 Å². The first kappa shape index (κ1) is 38.2. The van der Waals surface area contributed by atoms with Crippen molar-refractivity contribution in [3.05, 3.63) is 96.9 Å². The number of hydrogen-bond acceptors (Lipinski definition) is 9. The van der Waals surface area contributed by atoms with Crippen molar-refractivity contribution in [1.82, 2.24) is 38.9 Å². The Morgan fingerprint density at radius 2 is 1.80 bits per heavy atom. The lowest BCUT2D eigenvalue weighted by Gasteiger charge is -2.39. The zero-order valence-corrected chi connectivity index (χ0v) is 31.7. The summed E-state index contributed by atoms with van der Waals surface area (Å²) in [7, 11) is 3.84. The molecule has 13 nitrogen and oxygen atoms in total. The Balaban J connectivity index is 1.29. The van der Waals surface area contributed by atoms with Crippen LogP contribution in [0.3, 0.4) is 0 Å². The van der Waals surface area contributed by atoms with Gasteiger partial charge in [0.2, 0.25) is 11.7 Å². The van der Waals surface area contributed by atoms with Crippen LogP contribution >= 0.6 is 23.2 Å². The first-order valence-corrected chi connectivity index (χ1v) is 18.2. The van der Waals surface area contributed by atoms with Crippen LogP contribution < -0.4 is 10.9 Å². The second-order valence-electron chi connectivity index (χ2n) is 14.4. The third kappa shape index (κ3) is 7.02. The Labute approximate surface area is 322 Å². The molecule has 5 aromatic rings. The quantitative estimate of drug-likeness (QED) is 0.200. The monoisotopic (exact) mass is 797 g/mol. The Morgan fingerprint density at radius 3 is 2.45 bits per heavy atom. The number of piperidine rings is 1. The number of aromatic nitrogens is 6. The predicted molar refractivity (Wildman–Crippen MR) is 198 cm³/mol. The molecule has 3 aromatic heterocycles. The van der Waals surface area contributed by atoms with E-state index in [-0.39, 0.29) is 65.0 Å².